The number of unbranched alkanes of at least 4 members (excludes halogenated alkanes) is 3. The number of benzene rings is 1. The first-order valence-corrected chi connectivity index (χ1v) is 9.39. The molecule has 0 spiro atoms. The number of ether oxygens (including phenoxy) is 1. The second-order valence-electron chi connectivity index (χ2n) is 5.84. The zero-order chi connectivity index (χ0) is 19.1. The molecule has 2 rings (SSSR count). The Kier molecular flexibility index (Phi) is 13.5. The normalized spacial score (nSPS) is 9.56. The van der Waals surface area contributed by atoms with E-state index in [4.69, 9.17) is 4.74 Å². The van der Waals surface area contributed by atoms with E-state index in [0.717, 1.165) is 23.2 Å². The Bertz CT molecular complexity index is 570. The van der Waals surface area contributed by atoms with Gasteiger partial charge in [-0.1, -0.05) is 46.5 Å². The van der Waals surface area contributed by atoms with E-state index in [-0.39, 0.29) is 0 Å². The van der Waals surface area contributed by atoms with Crippen LogP contribution in [0.2, 0.25) is 0 Å². The molecule has 0 aliphatic rings. The fourth-order valence-corrected chi connectivity index (χ4v) is 2.44. The molecule has 1 aromatic carbocycles. The summed E-state index contributed by atoms with van der Waals surface area (Å²) in [5.74, 6) is 0.876. The zero-order valence-corrected chi connectivity index (χ0v) is 17.0. The first-order chi connectivity index (χ1) is 12.2. The molecule has 1 aromatic heterocycles. The smallest absolute Gasteiger partial charge is 0.119 e. The third kappa shape index (κ3) is 8.21. The van der Waals surface area contributed by atoms with E-state index in [9.17, 15) is 0 Å². The summed E-state index contributed by atoms with van der Waals surface area (Å²) in [5.41, 5.74) is 6.73. The summed E-state index contributed by atoms with van der Waals surface area (Å²) in [6, 6.07) is 8.08. The molecule has 4 nitrogen and oxygen atoms in total. The van der Waals surface area contributed by atoms with Crippen LogP contribution in [0.1, 0.15) is 52.9 Å². The Balaban J connectivity index is 0.000000710. The number of fused-ring (bicyclic) bond motifs is 1. The maximum absolute atomic E-state index is 5.29. The lowest BCUT2D eigenvalue weighted by atomic mass is 10.1. The predicted octanol–water partition coefficient (Wildman–Crippen LogP) is 5.25. The Labute approximate surface area is 154 Å². The third-order valence-corrected chi connectivity index (χ3v) is 3.89. The summed E-state index contributed by atoms with van der Waals surface area (Å²) in [4.78, 5) is 6.68. The van der Waals surface area contributed by atoms with Crippen molar-refractivity contribution in [2.24, 2.45) is 5.73 Å². The van der Waals surface area contributed by atoms with Crippen LogP contribution in [0.25, 0.3) is 10.9 Å². The van der Waals surface area contributed by atoms with E-state index < -0.39 is 0 Å². The van der Waals surface area contributed by atoms with E-state index >= 15 is 0 Å². The number of nitrogens with two attached hydrogens (primary N) is 1. The second kappa shape index (κ2) is 14.5. The van der Waals surface area contributed by atoms with Gasteiger partial charge in [-0.3, -0.25) is 4.98 Å². The van der Waals surface area contributed by atoms with E-state index in [1.54, 1.807) is 7.11 Å². The average Bonchev–Trinajstić information content (AvgIpc) is 2.67. The summed E-state index contributed by atoms with van der Waals surface area (Å²) in [5, 5.41) is 1.15. The summed E-state index contributed by atoms with van der Waals surface area (Å²) < 4.78 is 5.29. The molecule has 0 radical (unpaired) electrons. The molecule has 0 amide bonds. The van der Waals surface area contributed by atoms with Crippen molar-refractivity contribution in [3.63, 3.8) is 0 Å². The van der Waals surface area contributed by atoms with Gasteiger partial charge in [0, 0.05) is 30.9 Å². The Morgan fingerprint density at radius 3 is 2.16 bits per heavy atom. The standard InChI is InChI=1S/C15H20N2O.C5H12.CH5N/c1-4-5-10-17(2)15-8-9-16-14-7-6-12(18-3)11-13(14)15;1-3-5-4-2;1-2/h6-9,11H,4-5,10H2,1-3H3;3-5H2,1-2H3;2H2,1H3. The van der Waals surface area contributed by atoms with Crippen molar-refractivity contribution in [1.82, 2.24) is 4.98 Å². The molecule has 1 heterocycles. The summed E-state index contributed by atoms with van der Waals surface area (Å²) in [7, 11) is 5.32. The number of pyridine rings is 1. The van der Waals surface area contributed by atoms with Crippen LogP contribution in [0.5, 0.6) is 5.75 Å². The number of hydrogen-bond donors (Lipinski definition) is 1. The number of methoxy groups -OCH3 is 1. The molecule has 25 heavy (non-hydrogen) atoms. The first-order valence-electron chi connectivity index (χ1n) is 9.39. The van der Waals surface area contributed by atoms with Gasteiger partial charge in [-0.15, -0.1) is 0 Å². The molecular formula is C21H37N3O. The number of hydrogen-bond acceptors (Lipinski definition) is 4. The minimum absolute atomic E-state index is 0.876. The Hall–Kier alpha value is -1.81. The summed E-state index contributed by atoms with van der Waals surface area (Å²) >= 11 is 0. The highest BCUT2D eigenvalue weighted by Crippen LogP contribution is 2.28. The van der Waals surface area contributed by atoms with Crippen molar-refractivity contribution in [2.75, 3.05) is 32.6 Å². The van der Waals surface area contributed by atoms with Gasteiger partial charge in [0.25, 0.3) is 0 Å². The SMILES string of the molecule is CCCCC.CCCCN(C)c1ccnc2ccc(OC)cc12.CN. The van der Waals surface area contributed by atoms with Crippen LogP contribution >= 0.6 is 0 Å². The van der Waals surface area contributed by atoms with E-state index in [0.29, 0.717) is 0 Å². The molecular weight excluding hydrogens is 310 g/mol. The molecule has 0 unspecified atom stereocenters. The van der Waals surface area contributed by atoms with Crippen LogP contribution in [0.3, 0.4) is 0 Å². The van der Waals surface area contributed by atoms with E-state index in [1.807, 2.05) is 18.3 Å². The Morgan fingerprint density at radius 2 is 1.64 bits per heavy atom. The largest absolute Gasteiger partial charge is 0.497 e. The van der Waals surface area contributed by atoms with Crippen molar-refractivity contribution in [2.45, 2.75) is 52.9 Å². The highest BCUT2D eigenvalue weighted by molar-refractivity contribution is 5.92. The van der Waals surface area contributed by atoms with Crippen LogP contribution < -0.4 is 15.4 Å². The monoisotopic (exact) mass is 347 g/mol. The highest BCUT2D eigenvalue weighted by atomic mass is 16.5. The molecule has 0 aliphatic heterocycles. The van der Waals surface area contributed by atoms with Crippen molar-refractivity contribution in [3.05, 3.63) is 30.5 Å². The van der Waals surface area contributed by atoms with Crippen molar-refractivity contribution >= 4 is 16.6 Å². The van der Waals surface area contributed by atoms with Crippen LogP contribution in [-0.2, 0) is 0 Å². The van der Waals surface area contributed by atoms with E-state index in [1.165, 1.54) is 44.8 Å². The van der Waals surface area contributed by atoms with Gasteiger partial charge in [0.15, 0.2) is 0 Å². The van der Waals surface area contributed by atoms with Gasteiger partial charge < -0.3 is 15.4 Å². The van der Waals surface area contributed by atoms with Crippen LogP contribution in [0.15, 0.2) is 30.5 Å². The average molecular weight is 348 g/mol. The lowest BCUT2D eigenvalue weighted by Gasteiger charge is -2.20. The van der Waals surface area contributed by atoms with Crippen LogP contribution in [-0.4, -0.2) is 32.7 Å². The van der Waals surface area contributed by atoms with Gasteiger partial charge in [0.2, 0.25) is 0 Å². The van der Waals surface area contributed by atoms with Crippen LogP contribution in [0, 0.1) is 0 Å². The number of rotatable bonds is 7. The van der Waals surface area contributed by atoms with Gasteiger partial charge in [0.05, 0.1) is 12.6 Å². The quantitative estimate of drug-likeness (QED) is 0.743. The number of aromatic nitrogens is 1. The van der Waals surface area contributed by atoms with Crippen LogP contribution in [0.4, 0.5) is 5.69 Å². The third-order valence-electron chi connectivity index (χ3n) is 3.89. The van der Waals surface area contributed by atoms with Gasteiger partial charge in [-0.05, 0) is 37.7 Å². The molecule has 142 valence electrons. The second-order valence-corrected chi connectivity index (χ2v) is 5.84. The van der Waals surface area contributed by atoms with E-state index in [2.05, 4.69) is 55.6 Å². The molecule has 2 N–H and O–H groups in total. The summed E-state index contributed by atoms with van der Waals surface area (Å²) in [6.45, 7) is 7.70. The highest BCUT2D eigenvalue weighted by Gasteiger charge is 2.07. The van der Waals surface area contributed by atoms with Gasteiger partial charge in [-0.2, -0.15) is 0 Å². The predicted molar refractivity (Wildman–Crippen MR) is 112 cm³/mol. The molecule has 0 aliphatic carbocycles. The zero-order valence-electron chi connectivity index (χ0n) is 17.0. The van der Waals surface area contributed by atoms with Gasteiger partial charge in [0.1, 0.15) is 5.75 Å². The fourth-order valence-electron chi connectivity index (χ4n) is 2.44. The molecule has 0 fully saturated rings. The topological polar surface area (TPSA) is 51.4 Å². The lowest BCUT2D eigenvalue weighted by Crippen LogP contribution is -2.18. The van der Waals surface area contributed by atoms with Crippen molar-refractivity contribution < 1.29 is 4.74 Å². The maximum Gasteiger partial charge on any atom is 0.119 e. The fraction of sp³-hybridized carbons (Fsp3) is 0.571. The maximum atomic E-state index is 5.29. The van der Waals surface area contributed by atoms with Crippen molar-refractivity contribution in [1.29, 1.82) is 0 Å². The minimum atomic E-state index is 0.876. The first kappa shape index (κ1) is 23.2. The lowest BCUT2D eigenvalue weighted by molar-refractivity contribution is 0.415. The molecule has 4 heteroatoms. The number of nitrogens with zero attached hydrogens (tertiary/aromatic N) is 2. The van der Waals surface area contributed by atoms with Crippen molar-refractivity contribution in [3.8, 4) is 5.75 Å². The summed E-state index contributed by atoms with van der Waals surface area (Å²) in [6.07, 6.45) is 8.35. The molecule has 0 atom stereocenters. The van der Waals surface area contributed by atoms with Gasteiger partial charge in [-0.25, -0.2) is 0 Å². The Morgan fingerprint density at radius 1 is 1.00 bits per heavy atom. The molecule has 0 saturated heterocycles. The molecule has 0 saturated carbocycles. The minimum Gasteiger partial charge on any atom is -0.497 e. The molecule has 2 aromatic rings. The van der Waals surface area contributed by atoms with Gasteiger partial charge >= 0.3 is 0 Å². The molecule has 0 bridgehead atoms. The number of anilines is 1.